The van der Waals surface area contributed by atoms with Gasteiger partial charge in [-0.15, -0.1) is 0 Å². The molecule has 0 bridgehead atoms. The van der Waals surface area contributed by atoms with Gasteiger partial charge in [0.1, 0.15) is 5.69 Å². The van der Waals surface area contributed by atoms with Crippen LogP contribution in [-0.4, -0.2) is 22.1 Å². The molecule has 0 aliphatic carbocycles. The fraction of sp³-hybridized carbons (Fsp3) is 0.312. The Morgan fingerprint density at radius 3 is 1.88 bits per heavy atom. The Balaban J connectivity index is 2.67. The Morgan fingerprint density at radius 1 is 0.840 bits per heavy atom. The summed E-state index contributed by atoms with van der Waals surface area (Å²) in [5, 5.41) is 0. The number of aromatic nitrogens is 2. The van der Waals surface area contributed by atoms with Gasteiger partial charge in [-0.3, -0.25) is 0 Å². The molecule has 0 amide bonds. The van der Waals surface area contributed by atoms with Gasteiger partial charge in [-0.25, -0.2) is 9.97 Å². The SMILES string of the molecule is C[C](C)c1cc(C(F)(F)C(F)(F)C(F)(F)F)nc(-c2ccccc2)n1. The van der Waals surface area contributed by atoms with Crippen molar-refractivity contribution in [2.24, 2.45) is 0 Å². The van der Waals surface area contributed by atoms with Crippen LogP contribution in [0.3, 0.4) is 0 Å². The molecule has 0 atom stereocenters. The number of nitrogens with zero attached hydrogens (tertiary/aromatic N) is 2. The van der Waals surface area contributed by atoms with Crippen LogP contribution in [0.5, 0.6) is 0 Å². The maximum absolute atomic E-state index is 14.0. The lowest BCUT2D eigenvalue weighted by Crippen LogP contribution is -2.50. The second kappa shape index (κ2) is 6.27. The molecule has 135 valence electrons. The van der Waals surface area contributed by atoms with Crippen LogP contribution in [0.25, 0.3) is 11.4 Å². The normalized spacial score (nSPS) is 13.4. The Labute approximate surface area is 138 Å². The predicted octanol–water partition coefficient (Wildman–Crippen LogP) is 5.40. The molecule has 1 radical (unpaired) electrons. The lowest BCUT2D eigenvalue weighted by molar-refractivity contribution is -0.360. The third-order valence-corrected chi connectivity index (χ3v) is 3.34. The zero-order valence-electron chi connectivity index (χ0n) is 13.0. The standard InChI is InChI=1S/C16H12F7N2/c1-9(2)11-8-12(14(17,18)15(19,20)16(21,22)23)25-13(24-11)10-6-4-3-5-7-10/h3-8H,1-2H3. The molecule has 1 heterocycles. The van der Waals surface area contributed by atoms with Gasteiger partial charge in [0.25, 0.3) is 0 Å². The molecule has 1 aromatic heterocycles. The minimum atomic E-state index is -6.43. The van der Waals surface area contributed by atoms with E-state index in [4.69, 9.17) is 0 Å². The summed E-state index contributed by atoms with van der Waals surface area (Å²) < 4.78 is 91.9. The fourth-order valence-electron chi connectivity index (χ4n) is 1.92. The number of hydrogen-bond acceptors (Lipinski definition) is 2. The lowest BCUT2D eigenvalue weighted by atomic mass is 10.0. The molecule has 0 saturated carbocycles. The van der Waals surface area contributed by atoms with E-state index in [1.54, 1.807) is 6.07 Å². The molecule has 0 aliphatic heterocycles. The van der Waals surface area contributed by atoms with Gasteiger partial charge in [0.05, 0.1) is 5.69 Å². The molecule has 2 aromatic rings. The highest BCUT2D eigenvalue weighted by Crippen LogP contribution is 2.51. The fourth-order valence-corrected chi connectivity index (χ4v) is 1.92. The minimum Gasteiger partial charge on any atom is -0.232 e. The highest BCUT2D eigenvalue weighted by molar-refractivity contribution is 5.55. The third-order valence-electron chi connectivity index (χ3n) is 3.34. The number of hydrogen-bond donors (Lipinski definition) is 0. The van der Waals surface area contributed by atoms with Gasteiger partial charge < -0.3 is 0 Å². The molecular formula is C16H12F7N2. The summed E-state index contributed by atoms with van der Waals surface area (Å²) in [6.07, 6.45) is -6.43. The average Bonchev–Trinajstić information content (AvgIpc) is 2.54. The van der Waals surface area contributed by atoms with Crippen molar-refractivity contribution in [1.29, 1.82) is 0 Å². The summed E-state index contributed by atoms with van der Waals surface area (Å²) in [7, 11) is 0. The summed E-state index contributed by atoms with van der Waals surface area (Å²) in [6, 6.07) is 7.95. The van der Waals surface area contributed by atoms with E-state index in [9.17, 15) is 30.7 Å². The molecule has 0 spiro atoms. The van der Waals surface area contributed by atoms with Gasteiger partial charge in [0.15, 0.2) is 5.82 Å². The van der Waals surface area contributed by atoms with Crippen LogP contribution in [0.4, 0.5) is 30.7 Å². The van der Waals surface area contributed by atoms with Crippen LogP contribution in [0.1, 0.15) is 25.2 Å². The largest absolute Gasteiger partial charge is 0.460 e. The first kappa shape index (κ1) is 19.1. The first-order valence-electron chi connectivity index (χ1n) is 6.96. The van der Waals surface area contributed by atoms with E-state index in [1.807, 2.05) is 0 Å². The highest BCUT2D eigenvalue weighted by atomic mass is 19.4. The van der Waals surface area contributed by atoms with Crippen molar-refractivity contribution >= 4 is 0 Å². The lowest BCUT2D eigenvalue weighted by Gasteiger charge is -2.28. The first-order valence-corrected chi connectivity index (χ1v) is 6.96. The van der Waals surface area contributed by atoms with Gasteiger partial charge >= 0.3 is 18.0 Å². The minimum absolute atomic E-state index is 0.151. The van der Waals surface area contributed by atoms with Gasteiger partial charge in [-0.2, -0.15) is 30.7 Å². The Kier molecular flexibility index (Phi) is 4.80. The smallest absolute Gasteiger partial charge is 0.232 e. The summed E-state index contributed by atoms with van der Waals surface area (Å²) in [6.45, 7) is 2.92. The van der Waals surface area contributed by atoms with Crippen LogP contribution in [0.15, 0.2) is 36.4 Å². The molecule has 0 unspecified atom stereocenters. The van der Waals surface area contributed by atoms with Gasteiger partial charge in [-0.1, -0.05) is 44.2 Å². The zero-order chi connectivity index (χ0) is 19.0. The highest BCUT2D eigenvalue weighted by Gasteiger charge is 2.74. The molecular weight excluding hydrogens is 353 g/mol. The molecule has 1 aromatic carbocycles. The molecule has 25 heavy (non-hydrogen) atoms. The summed E-state index contributed by atoms with van der Waals surface area (Å²) >= 11 is 0. The molecule has 0 N–H and O–H groups in total. The molecule has 2 rings (SSSR count). The number of rotatable bonds is 4. The van der Waals surface area contributed by atoms with Crippen LogP contribution in [-0.2, 0) is 5.92 Å². The van der Waals surface area contributed by atoms with Crippen molar-refractivity contribution < 1.29 is 30.7 Å². The molecule has 0 fully saturated rings. The molecule has 0 saturated heterocycles. The monoisotopic (exact) mass is 365 g/mol. The summed E-state index contributed by atoms with van der Waals surface area (Å²) in [5.74, 6) is -11.8. The van der Waals surface area contributed by atoms with Crippen molar-refractivity contribution in [2.45, 2.75) is 31.9 Å². The summed E-state index contributed by atoms with van der Waals surface area (Å²) in [4.78, 5) is 7.24. The number of alkyl halides is 7. The molecule has 9 heteroatoms. The van der Waals surface area contributed by atoms with Gasteiger partial charge in [-0.05, 0) is 6.07 Å². The van der Waals surface area contributed by atoms with Gasteiger partial charge in [0, 0.05) is 11.5 Å². The zero-order valence-corrected chi connectivity index (χ0v) is 13.0. The summed E-state index contributed by atoms with van der Waals surface area (Å²) in [5.41, 5.74) is -1.64. The number of benzene rings is 1. The van der Waals surface area contributed by atoms with Crippen molar-refractivity contribution in [3.05, 3.63) is 53.7 Å². The molecule has 0 aliphatic rings. The van der Waals surface area contributed by atoms with E-state index in [2.05, 4.69) is 9.97 Å². The van der Waals surface area contributed by atoms with Crippen LogP contribution in [0.2, 0.25) is 0 Å². The van der Waals surface area contributed by atoms with Crippen LogP contribution < -0.4 is 0 Å². The second-order valence-electron chi connectivity index (χ2n) is 5.47. The van der Waals surface area contributed by atoms with Crippen molar-refractivity contribution in [2.75, 3.05) is 0 Å². The van der Waals surface area contributed by atoms with Crippen molar-refractivity contribution in [1.82, 2.24) is 9.97 Å². The van der Waals surface area contributed by atoms with Crippen LogP contribution >= 0.6 is 0 Å². The first-order chi connectivity index (χ1) is 11.4. The van der Waals surface area contributed by atoms with Crippen molar-refractivity contribution in [3.63, 3.8) is 0 Å². The average molecular weight is 365 g/mol. The van der Waals surface area contributed by atoms with E-state index in [0.717, 1.165) is 0 Å². The molecule has 2 nitrogen and oxygen atoms in total. The maximum Gasteiger partial charge on any atom is 0.460 e. The Bertz CT molecular complexity index is 740. The topological polar surface area (TPSA) is 25.8 Å². The van der Waals surface area contributed by atoms with E-state index >= 15 is 0 Å². The quantitative estimate of drug-likeness (QED) is 0.679. The van der Waals surface area contributed by atoms with Crippen LogP contribution in [0, 0.1) is 5.92 Å². The van der Waals surface area contributed by atoms with E-state index in [1.165, 1.54) is 38.1 Å². The second-order valence-corrected chi connectivity index (χ2v) is 5.47. The van der Waals surface area contributed by atoms with E-state index in [0.29, 0.717) is 12.0 Å². The Morgan fingerprint density at radius 2 is 1.40 bits per heavy atom. The Hall–Kier alpha value is -2.19. The van der Waals surface area contributed by atoms with Gasteiger partial charge in [0.2, 0.25) is 0 Å². The van der Waals surface area contributed by atoms with E-state index < -0.39 is 23.7 Å². The maximum atomic E-state index is 14.0. The van der Waals surface area contributed by atoms with E-state index in [-0.39, 0.29) is 17.1 Å². The third kappa shape index (κ3) is 3.45. The van der Waals surface area contributed by atoms with Crippen molar-refractivity contribution in [3.8, 4) is 11.4 Å². The predicted molar refractivity (Wildman–Crippen MR) is 76.1 cm³/mol. The number of halogens is 7.